The van der Waals surface area contributed by atoms with Gasteiger partial charge in [0, 0.05) is 12.6 Å². The molecule has 0 radical (unpaired) electrons. The molecule has 0 spiro atoms. The zero-order valence-corrected chi connectivity index (χ0v) is 14.6. The Morgan fingerprint density at radius 3 is 2.43 bits per heavy atom. The molecule has 1 aromatic carbocycles. The lowest BCUT2D eigenvalue weighted by Gasteiger charge is -2.38. The number of aryl methyl sites for hydroxylation is 1. The molecule has 23 heavy (non-hydrogen) atoms. The van der Waals surface area contributed by atoms with Gasteiger partial charge in [0.25, 0.3) is 0 Å². The number of aliphatic carboxylic acids is 1. The fraction of sp³-hybridized carbons (Fsp3) is 0.562. The molecule has 0 amide bonds. The summed E-state index contributed by atoms with van der Waals surface area (Å²) < 4.78 is 26.5. The summed E-state index contributed by atoms with van der Waals surface area (Å²) in [5.41, 5.74) is 1.73. The fourth-order valence-corrected chi connectivity index (χ4v) is 4.66. The van der Waals surface area contributed by atoms with Crippen LogP contribution in [0.4, 0.5) is 0 Å². The van der Waals surface area contributed by atoms with Gasteiger partial charge in [-0.3, -0.25) is 4.79 Å². The van der Waals surface area contributed by atoms with E-state index in [2.05, 4.69) is 0 Å². The first-order chi connectivity index (χ1) is 10.7. The van der Waals surface area contributed by atoms with Crippen LogP contribution in [-0.4, -0.2) is 61.4 Å². The van der Waals surface area contributed by atoms with Crippen LogP contribution in [0, 0.1) is 6.92 Å². The average Bonchev–Trinajstić information content (AvgIpc) is 2.48. The van der Waals surface area contributed by atoms with Crippen LogP contribution in [0.25, 0.3) is 0 Å². The van der Waals surface area contributed by atoms with E-state index in [1.807, 2.05) is 38.1 Å². The third kappa shape index (κ3) is 4.31. The van der Waals surface area contributed by atoms with E-state index in [1.165, 1.54) is 0 Å². The number of hydrogen-bond acceptors (Lipinski definition) is 4. The molecule has 128 valence electrons. The number of nitrogens with zero attached hydrogens (tertiary/aromatic N) is 2. The summed E-state index contributed by atoms with van der Waals surface area (Å²) in [7, 11) is 0.119. The highest BCUT2D eigenvalue weighted by Crippen LogP contribution is 2.25. The van der Waals surface area contributed by atoms with E-state index < -0.39 is 22.0 Å². The van der Waals surface area contributed by atoms with Gasteiger partial charge >= 0.3 is 5.97 Å². The highest BCUT2D eigenvalue weighted by atomic mass is 32.2. The molecule has 7 heteroatoms. The van der Waals surface area contributed by atoms with Crippen molar-refractivity contribution >= 4 is 16.0 Å². The van der Waals surface area contributed by atoms with Crippen LogP contribution in [0.2, 0.25) is 0 Å². The average molecular weight is 340 g/mol. The van der Waals surface area contributed by atoms with Crippen molar-refractivity contribution in [2.75, 3.05) is 20.6 Å². The second-order valence-corrected chi connectivity index (χ2v) is 8.27. The van der Waals surface area contributed by atoms with Gasteiger partial charge in [0.15, 0.2) is 0 Å². The maximum Gasteiger partial charge on any atom is 0.322 e. The molecule has 1 aliphatic rings. The van der Waals surface area contributed by atoms with E-state index in [9.17, 15) is 18.3 Å². The number of benzene rings is 1. The minimum Gasteiger partial charge on any atom is -0.480 e. The number of carboxylic acids is 1. The highest BCUT2D eigenvalue weighted by molar-refractivity contribution is 7.88. The maximum absolute atomic E-state index is 12.7. The lowest BCUT2D eigenvalue weighted by Crippen LogP contribution is -2.54. The van der Waals surface area contributed by atoms with Crippen LogP contribution in [0.3, 0.4) is 0 Å². The predicted octanol–water partition coefficient (Wildman–Crippen LogP) is 1.30. The molecule has 1 saturated heterocycles. The van der Waals surface area contributed by atoms with Crippen LogP contribution in [0.5, 0.6) is 0 Å². The first-order valence-corrected chi connectivity index (χ1v) is 9.26. The Kier molecular flexibility index (Phi) is 5.44. The zero-order chi connectivity index (χ0) is 17.2. The molecule has 0 saturated carbocycles. The first-order valence-electron chi connectivity index (χ1n) is 7.65. The van der Waals surface area contributed by atoms with Gasteiger partial charge in [-0.2, -0.15) is 4.31 Å². The number of sulfonamides is 1. The summed E-state index contributed by atoms with van der Waals surface area (Å²) in [5.74, 6) is -1.24. The van der Waals surface area contributed by atoms with Crippen LogP contribution >= 0.6 is 0 Å². The molecule has 0 aliphatic carbocycles. The molecule has 0 unspecified atom stereocenters. The standard InChI is InChI=1S/C16H24N2O4S/c1-12-4-6-13(7-5-12)11-23(21,22)18-9-8-14(17(2)3)10-15(18)16(19)20/h4-7,14-15H,8-11H2,1-3H3,(H,19,20)/t14-,15-/m1/s1. The van der Waals surface area contributed by atoms with E-state index in [0.717, 1.165) is 9.87 Å². The number of rotatable bonds is 5. The van der Waals surface area contributed by atoms with Crippen molar-refractivity contribution in [1.29, 1.82) is 0 Å². The molecule has 0 bridgehead atoms. The molecule has 1 N–H and O–H groups in total. The number of hydrogen-bond donors (Lipinski definition) is 1. The topological polar surface area (TPSA) is 77.9 Å². The monoisotopic (exact) mass is 340 g/mol. The summed E-state index contributed by atoms with van der Waals surface area (Å²) in [6.07, 6.45) is 0.958. The minimum absolute atomic E-state index is 0.0851. The third-order valence-electron chi connectivity index (χ3n) is 4.37. The van der Waals surface area contributed by atoms with Gasteiger partial charge in [0.05, 0.1) is 5.75 Å². The van der Waals surface area contributed by atoms with Gasteiger partial charge in [-0.05, 0) is 39.4 Å². The summed E-state index contributed by atoms with van der Waals surface area (Å²) in [6, 6.07) is 6.36. The van der Waals surface area contributed by atoms with Gasteiger partial charge in [0.2, 0.25) is 10.0 Å². The molecule has 1 fully saturated rings. The van der Waals surface area contributed by atoms with Crippen molar-refractivity contribution in [1.82, 2.24) is 9.21 Å². The Bertz CT molecular complexity index is 655. The normalized spacial score (nSPS) is 23.1. The van der Waals surface area contributed by atoms with E-state index in [-0.39, 0.29) is 18.3 Å². The van der Waals surface area contributed by atoms with Crippen molar-refractivity contribution in [3.63, 3.8) is 0 Å². The van der Waals surface area contributed by atoms with E-state index in [1.54, 1.807) is 12.1 Å². The molecule has 1 heterocycles. The summed E-state index contributed by atoms with van der Waals surface area (Å²) in [4.78, 5) is 13.5. The second-order valence-electron chi connectivity index (χ2n) is 6.35. The van der Waals surface area contributed by atoms with Crippen molar-refractivity contribution in [2.45, 2.75) is 37.6 Å². The van der Waals surface area contributed by atoms with Gasteiger partial charge in [0.1, 0.15) is 6.04 Å². The summed E-state index contributed by atoms with van der Waals surface area (Å²) >= 11 is 0. The third-order valence-corrected chi connectivity index (χ3v) is 6.22. The molecule has 0 aromatic heterocycles. The Balaban J connectivity index is 2.20. The Labute approximate surface area is 137 Å². The molecule has 2 atom stereocenters. The Hall–Kier alpha value is -1.44. The molecule has 1 aliphatic heterocycles. The molecule has 6 nitrogen and oxygen atoms in total. The zero-order valence-electron chi connectivity index (χ0n) is 13.8. The molecule has 1 aromatic rings. The largest absolute Gasteiger partial charge is 0.480 e. The van der Waals surface area contributed by atoms with E-state index in [4.69, 9.17) is 0 Å². The number of carboxylic acid groups (broad SMARTS) is 1. The smallest absolute Gasteiger partial charge is 0.322 e. The molecule has 2 rings (SSSR count). The van der Waals surface area contributed by atoms with Crippen LogP contribution in [0.15, 0.2) is 24.3 Å². The quantitative estimate of drug-likeness (QED) is 0.874. The van der Waals surface area contributed by atoms with E-state index in [0.29, 0.717) is 18.4 Å². The van der Waals surface area contributed by atoms with Gasteiger partial charge in [-0.1, -0.05) is 29.8 Å². The Morgan fingerprint density at radius 2 is 1.91 bits per heavy atom. The van der Waals surface area contributed by atoms with Gasteiger partial charge < -0.3 is 10.0 Å². The Morgan fingerprint density at radius 1 is 1.30 bits per heavy atom. The second kappa shape index (κ2) is 6.98. The molecular weight excluding hydrogens is 316 g/mol. The highest BCUT2D eigenvalue weighted by Gasteiger charge is 2.40. The van der Waals surface area contributed by atoms with Gasteiger partial charge in [-0.25, -0.2) is 8.42 Å². The summed E-state index contributed by atoms with van der Waals surface area (Å²) in [6.45, 7) is 2.18. The van der Waals surface area contributed by atoms with Crippen LogP contribution < -0.4 is 0 Å². The number of piperidine rings is 1. The lowest BCUT2D eigenvalue weighted by atomic mass is 9.99. The number of carbonyl (C=O) groups is 1. The SMILES string of the molecule is Cc1ccc(CS(=O)(=O)N2CC[C@@H](N(C)C)C[C@@H]2C(=O)O)cc1. The van der Waals surface area contributed by atoms with Crippen LogP contribution in [0.1, 0.15) is 24.0 Å². The van der Waals surface area contributed by atoms with Crippen molar-refractivity contribution in [2.24, 2.45) is 0 Å². The fourth-order valence-electron chi connectivity index (χ4n) is 2.93. The lowest BCUT2D eigenvalue weighted by molar-refractivity contribution is -0.143. The van der Waals surface area contributed by atoms with Crippen molar-refractivity contribution in [3.8, 4) is 0 Å². The molecular formula is C16H24N2O4S. The van der Waals surface area contributed by atoms with Crippen molar-refractivity contribution < 1.29 is 18.3 Å². The maximum atomic E-state index is 12.7. The van der Waals surface area contributed by atoms with Crippen LogP contribution in [-0.2, 0) is 20.6 Å². The van der Waals surface area contributed by atoms with E-state index >= 15 is 0 Å². The van der Waals surface area contributed by atoms with Gasteiger partial charge in [-0.15, -0.1) is 0 Å². The summed E-state index contributed by atoms with van der Waals surface area (Å²) in [5, 5.41) is 9.45. The first kappa shape index (κ1) is 17.9. The minimum atomic E-state index is -3.66. The van der Waals surface area contributed by atoms with Crippen molar-refractivity contribution in [3.05, 3.63) is 35.4 Å². The predicted molar refractivity (Wildman–Crippen MR) is 88.6 cm³/mol.